The molecule has 0 fully saturated rings. The van der Waals surface area contributed by atoms with E-state index in [1.165, 1.54) is 4.90 Å². The van der Waals surface area contributed by atoms with Crippen molar-refractivity contribution in [3.8, 4) is 0 Å². The molecule has 2 N–H and O–H groups in total. The smallest absolute Gasteiger partial charge is 0.255 e. The Bertz CT molecular complexity index is 405. The number of hydrogen-bond acceptors (Lipinski definition) is 3. The number of alkyl halides is 2. The van der Waals surface area contributed by atoms with Crippen LogP contribution in [0, 0.1) is 0 Å². The lowest BCUT2D eigenvalue weighted by Gasteiger charge is -2.26. The van der Waals surface area contributed by atoms with Crippen LogP contribution in [0.2, 0.25) is 5.02 Å². The Morgan fingerprint density at radius 3 is 2.75 bits per heavy atom. The highest BCUT2D eigenvalue weighted by Gasteiger charge is 2.17. The predicted molar refractivity (Wildman–Crippen MR) is 78.8 cm³/mol. The van der Waals surface area contributed by atoms with Crippen LogP contribution >= 0.6 is 11.6 Å². The summed E-state index contributed by atoms with van der Waals surface area (Å²) in [6.07, 6.45) is -1.48. The maximum atomic E-state index is 12.7. The first-order chi connectivity index (χ1) is 9.60. The molecule has 0 radical (unpaired) electrons. The van der Waals surface area contributed by atoms with Crippen LogP contribution < -0.4 is 10.2 Å². The van der Waals surface area contributed by atoms with E-state index in [9.17, 15) is 8.78 Å². The fourth-order valence-electron chi connectivity index (χ4n) is 2.01. The van der Waals surface area contributed by atoms with Crippen LogP contribution in [0.5, 0.6) is 0 Å². The first-order valence-electron chi connectivity index (χ1n) is 6.72. The van der Waals surface area contributed by atoms with Crippen LogP contribution in [-0.2, 0) is 6.54 Å². The zero-order valence-corrected chi connectivity index (χ0v) is 12.3. The van der Waals surface area contributed by atoms with Gasteiger partial charge in [-0.05, 0) is 25.1 Å². The molecular weight excluding hydrogens is 286 g/mol. The van der Waals surface area contributed by atoms with Gasteiger partial charge in [-0.15, -0.1) is 0 Å². The van der Waals surface area contributed by atoms with E-state index in [1.54, 1.807) is 18.2 Å². The van der Waals surface area contributed by atoms with Gasteiger partial charge in [-0.2, -0.15) is 0 Å². The molecule has 0 atom stereocenters. The van der Waals surface area contributed by atoms with Crippen LogP contribution in [0.25, 0.3) is 0 Å². The summed E-state index contributed by atoms with van der Waals surface area (Å²) < 4.78 is 25.3. The molecule has 0 aliphatic rings. The van der Waals surface area contributed by atoms with Crippen molar-refractivity contribution in [2.75, 3.05) is 31.1 Å². The molecule has 114 valence electrons. The Balaban J connectivity index is 2.96. The van der Waals surface area contributed by atoms with E-state index in [1.807, 2.05) is 0 Å². The largest absolute Gasteiger partial charge is 0.395 e. The second kappa shape index (κ2) is 9.10. The maximum Gasteiger partial charge on any atom is 0.255 e. The third-order valence-corrected chi connectivity index (χ3v) is 3.25. The lowest BCUT2D eigenvalue weighted by atomic mass is 10.1. The van der Waals surface area contributed by atoms with Crippen molar-refractivity contribution in [1.82, 2.24) is 5.32 Å². The molecule has 0 heterocycles. The van der Waals surface area contributed by atoms with Crippen molar-refractivity contribution in [1.29, 1.82) is 0 Å². The SMILES string of the molecule is CCCNCc1c(Cl)cccc1N(CCO)CC(F)F. The van der Waals surface area contributed by atoms with Crippen molar-refractivity contribution in [2.45, 2.75) is 26.3 Å². The van der Waals surface area contributed by atoms with E-state index in [-0.39, 0.29) is 13.2 Å². The number of aliphatic hydroxyl groups excluding tert-OH is 1. The van der Waals surface area contributed by atoms with E-state index < -0.39 is 13.0 Å². The molecule has 0 aliphatic carbocycles. The fourth-order valence-corrected chi connectivity index (χ4v) is 2.24. The Morgan fingerprint density at radius 2 is 2.15 bits per heavy atom. The van der Waals surface area contributed by atoms with Gasteiger partial charge in [0.2, 0.25) is 0 Å². The van der Waals surface area contributed by atoms with Crippen LogP contribution in [0.3, 0.4) is 0 Å². The zero-order chi connectivity index (χ0) is 15.0. The predicted octanol–water partition coefficient (Wildman–Crippen LogP) is 2.90. The third kappa shape index (κ3) is 5.23. The Morgan fingerprint density at radius 1 is 1.40 bits per heavy atom. The first kappa shape index (κ1) is 17.1. The summed E-state index contributed by atoms with van der Waals surface area (Å²) in [6, 6.07) is 5.23. The van der Waals surface area contributed by atoms with Crippen molar-refractivity contribution < 1.29 is 13.9 Å². The lowest BCUT2D eigenvalue weighted by Crippen LogP contribution is -2.33. The number of nitrogens with one attached hydrogen (secondary N) is 1. The highest BCUT2D eigenvalue weighted by molar-refractivity contribution is 6.31. The van der Waals surface area contributed by atoms with Crippen molar-refractivity contribution >= 4 is 17.3 Å². The average molecular weight is 307 g/mol. The molecule has 1 rings (SSSR count). The monoisotopic (exact) mass is 306 g/mol. The quantitative estimate of drug-likeness (QED) is 0.689. The van der Waals surface area contributed by atoms with Crippen molar-refractivity contribution in [3.63, 3.8) is 0 Å². The van der Waals surface area contributed by atoms with Crippen LogP contribution in [0.1, 0.15) is 18.9 Å². The standard InChI is InChI=1S/C14H21ClF2N2O/c1-2-6-18-9-11-12(15)4-3-5-13(11)19(7-8-20)10-14(16)17/h3-5,14,18,20H,2,6-10H2,1H3. The molecule has 0 bridgehead atoms. The molecular formula is C14H21ClF2N2O. The van der Waals surface area contributed by atoms with Crippen LogP contribution in [-0.4, -0.2) is 37.8 Å². The molecule has 20 heavy (non-hydrogen) atoms. The van der Waals surface area contributed by atoms with Gasteiger partial charge in [-0.1, -0.05) is 24.6 Å². The number of aliphatic hydroxyl groups is 1. The van der Waals surface area contributed by atoms with Crippen molar-refractivity contribution in [2.24, 2.45) is 0 Å². The second-order valence-electron chi connectivity index (χ2n) is 4.47. The summed E-state index contributed by atoms with van der Waals surface area (Å²) in [7, 11) is 0. The zero-order valence-electron chi connectivity index (χ0n) is 11.6. The Labute approximate surface area is 123 Å². The first-order valence-corrected chi connectivity index (χ1v) is 7.10. The van der Waals surface area contributed by atoms with Gasteiger partial charge in [0.25, 0.3) is 6.43 Å². The van der Waals surface area contributed by atoms with Crippen LogP contribution in [0.15, 0.2) is 18.2 Å². The van der Waals surface area contributed by atoms with E-state index in [0.717, 1.165) is 18.5 Å². The molecule has 1 aromatic rings. The molecule has 0 aliphatic heterocycles. The molecule has 1 aromatic carbocycles. The maximum absolute atomic E-state index is 12.7. The minimum Gasteiger partial charge on any atom is -0.395 e. The van der Waals surface area contributed by atoms with Gasteiger partial charge in [0, 0.05) is 29.4 Å². The highest BCUT2D eigenvalue weighted by Crippen LogP contribution is 2.28. The lowest BCUT2D eigenvalue weighted by molar-refractivity contribution is 0.152. The van der Waals surface area contributed by atoms with Gasteiger partial charge in [-0.25, -0.2) is 8.78 Å². The normalized spacial score (nSPS) is 11.1. The van der Waals surface area contributed by atoms with Crippen LogP contribution in [0.4, 0.5) is 14.5 Å². The Hall–Kier alpha value is -0.910. The van der Waals surface area contributed by atoms with Gasteiger partial charge < -0.3 is 15.3 Å². The number of rotatable bonds is 9. The Kier molecular flexibility index (Phi) is 7.80. The topological polar surface area (TPSA) is 35.5 Å². The number of anilines is 1. The minimum atomic E-state index is -2.46. The van der Waals surface area contributed by atoms with Gasteiger partial charge >= 0.3 is 0 Å². The van der Waals surface area contributed by atoms with Crippen molar-refractivity contribution in [3.05, 3.63) is 28.8 Å². The van der Waals surface area contributed by atoms with E-state index in [4.69, 9.17) is 16.7 Å². The number of halogens is 3. The summed E-state index contributed by atoms with van der Waals surface area (Å²) in [5.74, 6) is 0. The molecule has 0 amide bonds. The molecule has 6 heteroatoms. The van der Waals surface area contributed by atoms with Gasteiger partial charge in [0.1, 0.15) is 0 Å². The highest BCUT2D eigenvalue weighted by atomic mass is 35.5. The third-order valence-electron chi connectivity index (χ3n) is 2.89. The number of hydrogen-bond donors (Lipinski definition) is 2. The summed E-state index contributed by atoms with van der Waals surface area (Å²) in [6.45, 7) is 2.97. The number of benzene rings is 1. The molecule has 3 nitrogen and oxygen atoms in total. The molecule has 0 saturated heterocycles. The average Bonchev–Trinajstić information content (AvgIpc) is 2.40. The summed E-state index contributed by atoms with van der Waals surface area (Å²) in [4.78, 5) is 1.47. The minimum absolute atomic E-state index is 0.158. The fraction of sp³-hybridized carbons (Fsp3) is 0.571. The van der Waals surface area contributed by atoms with E-state index in [2.05, 4.69) is 12.2 Å². The summed E-state index contributed by atoms with van der Waals surface area (Å²) in [5.41, 5.74) is 1.44. The van der Waals surface area contributed by atoms with Gasteiger partial charge in [0.05, 0.1) is 13.2 Å². The molecule has 0 aromatic heterocycles. The number of nitrogens with zero attached hydrogens (tertiary/aromatic N) is 1. The molecule has 0 spiro atoms. The summed E-state index contributed by atoms with van der Waals surface area (Å²) in [5, 5.41) is 12.8. The molecule has 0 unspecified atom stereocenters. The van der Waals surface area contributed by atoms with E-state index >= 15 is 0 Å². The second-order valence-corrected chi connectivity index (χ2v) is 4.88. The summed E-state index contributed by atoms with van der Waals surface area (Å²) >= 11 is 6.17. The van der Waals surface area contributed by atoms with E-state index in [0.29, 0.717) is 17.3 Å². The van der Waals surface area contributed by atoms with Gasteiger partial charge in [0.15, 0.2) is 0 Å². The van der Waals surface area contributed by atoms with Gasteiger partial charge in [-0.3, -0.25) is 0 Å². The molecule has 0 saturated carbocycles.